The van der Waals surface area contributed by atoms with Crippen molar-refractivity contribution in [2.75, 3.05) is 13.7 Å². The highest BCUT2D eigenvalue weighted by atomic mass is 16.7. The van der Waals surface area contributed by atoms with E-state index in [2.05, 4.69) is 0 Å². The Morgan fingerprint density at radius 2 is 1.44 bits per heavy atom. The van der Waals surface area contributed by atoms with Crippen LogP contribution in [-0.4, -0.2) is 55.7 Å². The molecule has 232 valence electrons. The van der Waals surface area contributed by atoms with Gasteiger partial charge in [-0.3, -0.25) is 9.59 Å². The zero-order valence-corrected chi connectivity index (χ0v) is 25.5. The number of hydrogen-bond acceptors (Lipinski definition) is 11. The van der Waals surface area contributed by atoms with Crippen LogP contribution in [0.2, 0.25) is 0 Å². The van der Waals surface area contributed by atoms with E-state index in [9.17, 15) is 19.2 Å². The molecule has 0 aromatic heterocycles. The van der Waals surface area contributed by atoms with Crippen LogP contribution in [0.4, 0.5) is 9.59 Å². The van der Waals surface area contributed by atoms with Crippen LogP contribution in [0.1, 0.15) is 92.1 Å². The Labute approximate surface area is 243 Å². The molecule has 4 atom stereocenters. The lowest BCUT2D eigenvalue weighted by Crippen LogP contribution is -2.51. The molecule has 0 aliphatic rings. The van der Waals surface area contributed by atoms with Crippen LogP contribution < -0.4 is 15.2 Å². The van der Waals surface area contributed by atoms with E-state index in [1.165, 1.54) is 19.2 Å². The van der Waals surface area contributed by atoms with E-state index in [-0.39, 0.29) is 61.5 Å². The van der Waals surface area contributed by atoms with Crippen molar-refractivity contribution in [3.63, 3.8) is 0 Å². The van der Waals surface area contributed by atoms with E-state index in [1.54, 1.807) is 19.9 Å². The van der Waals surface area contributed by atoms with Gasteiger partial charge in [0, 0.05) is 19.3 Å². The first kappa shape index (κ1) is 35.7. The summed E-state index contributed by atoms with van der Waals surface area (Å²) in [6.45, 7) is 11.2. The summed E-state index contributed by atoms with van der Waals surface area (Å²) in [7, 11) is 1.21. The third-order valence-corrected chi connectivity index (χ3v) is 6.51. The van der Waals surface area contributed by atoms with Crippen LogP contribution in [0.25, 0.3) is 0 Å². The maximum absolute atomic E-state index is 12.7. The molecule has 0 aliphatic carbocycles. The average Bonchev–Trinajstić information content (AvgIpc) is 2.89. The van der Waals surface area contributed by atoms with E-state index >= 15 is 0 Å². The molecular weight excluding hydrogens is 534 g/mol. The molecule has 0 bridgehead atoms. The summed E-state index contributed by atoms with van der Waals surface area (Å²) in [5.41, 5.74) is 5.35. The van der Waals surface area contributed by atoms with Crippen molar-refractivity contribution in [2.45, 2.75) is 111 Å². The van der Waals surface area contributed by atoms with Crippen LogP contribution in [-0.2, 0) is 35.0 Å². The van der Waals surface area contributed by atoms with Gasteiger partial charge in [-0.2, -0.15) is 0 Å². The van der Waals surface area contributed by atoms with E-state index in [0.29, 0.717) is 18.4 Å². The zero-order chi connectivity index (χ0) is 31.0. The number of carbonyl (C=O) groups is 4. The van der Waals surface area contributed by atoms with Gasteiger partial charge >= 0.3 is 24.2 Å². The molecule has 0 amide bonds. The van der Waals surface area contributed by atoms with Crippen LogP contribution >= 0.6 is 0 Å². The lowest BCUT2D eigenvalue weighted by molar-refractivity contribution is -0.151. The monoisotopic (exact) mass is 581 g/mol. The quantitative estimate of drug-likeness (QED) is 0.133. The Balaban J connectivity index is 3.17. The molecule has 0 saturated heterocycles. The van der Waals surface area contributed by atoms with Gasteiger partial charge in [-0.25, -0.2) is 9.59 Å². The molecule has 0 radical (unpaired) electrons. The molecule has 11 heteroatoms. The smallest absolute Gasteiger partial charge is 0.468 e. The number of esters is 2. The van der Waals surface area contributed by atoms with Gasteiger partial charge in [0.25, 0.3) is 0 Å². The summed E-state index contributed by atoms with van der Waals surface area (Å²) < 4.78 is 31.5. The van der Waals surface area contributed by atoms with Crippen molar-refractivity contribution in [3.8, 4) is 11.5 Å². The van der Waals surface area contributed by atoms with Crippen molar-refractivity contribution in [3.05, 3.63) is 23.8 Å². The Bertz CT molecular complexity index is 997. The number of benzene rings is 1. The second-order valence-electron chi connectivity index (χ2n) is 10.4. The van der Waals surface area contributed by atoms with Gasteiger partial charge in [0.1, 0.15) is 17.7 Å². The maximum atomic E-state index is 12.7. The van der Waals surface area contributed by atoms with Gasteiger partial charge in [-0.05, 0) is 50.3 Å². The number of rotatable bonds is 17. The van der Waals surface area contributed by atoms with E-state index < -0.39 is 23.8 Å². The Hall–Kier alpha value is -3.34. The zero-order valence-electron chi connectivity index (χ0n) is 25.5. The SMILES string of the molecule is CCCC(C)OC(=O)Oc1ccc(C[C@](N)(CCOC(=O)CC(C)CC)C(=O)OC)cc1OC(=O)OC(C)CCC. The van der Waals surface area contributed by atoms with Crippen molar-refractivity contribution >= 4 is 24.2 Å². The molecule has 0 saturated carbocycles. The molecule has 0 spiro atoms. The van der Waals surface area contributed by atoms with Gasteiger partial charge in [-0.15, -0.1) is 0 Å². The van der Waals surface area contributed by atoms with Gasteiger partial charge < -0.3 is 34.2 Å². The average molecular weight is 582 g/mol. The highest BCUT2D eigenvalue weighted by molar-refractivity contribution is 5.81. The molecular formula is C30H47NO10. The van der Waals surface area contributed by atoms with E-state index in [1.807, 2.05) is 27.7 Å². The summed E-state index contributed by atoms with van der Waals surface area (Å²) in [6, 6.07) is 4.39. The normalized spacial score (nSPS) is 14.5. The molecule has 41 heavy (non-hydrogen) atoms. The molecule has 2 N–H and O–H groups in total. The second kappa shape index (κ2) is 18.2. The number of nitrogens with two attached hydrogens (primary N) is 1. The Kier molecular flexibility index (Phi) is 15.8. The Morgan fingerprint density at radius 1 is 0.878 bits per heavy atom. The maximum Gasteiger partial charge on any atom is 0.514 e. The molecule has 11 nitrogen and oxygen atoms in total. The van der Waals surface area contributed by atoms with Crippen molar-refractivity contribution < 1.29 is 47.6 Å². The summed E-state index contributed by atoms with van der Waals surface area (Å²) in [5, 5.41) is 0. The lowest BCUT2D eigenvalue weighted by atomic mass is 9.88. The number of hydrogen-bond donors (Lipinski definition) is 1. The lowest BCUT2D eigenvalue weighted by Gasteiger charge is -2.27. The Morgan fingerprint density at radius 3 is 1.95 bits per heavy atom. The molecule has 1 aromatic carbocycles. The minimum absolute atomic E-state index is 0.0153. The fourth-order valence-electron chi connectivity index (χ4n) is 3.98. The fourth-order valence-corrected chi connectivity index (χ4v) is 3.98. The fraction of sp³-hybridized carbons (Fsp3) is 0.667. The van der Waals surface area contributed by atoms with Crippen molar-refractivity contribution in [2.24, 2.45) is 11.7 Å². The summed E-state index contributed by atoms with van der Waals surface area (Å²) in [4.78, 5) is 49.6. The second-order valence-corrected chi connectivity index (χ2v) is 10.4. The van der Waals surface area contributed by atoms with Gasteiger partial charge in [0.2, 0.25) is 0 Å². The van der Waals surface area contributed by atoms with Gasteiger partial charge in [-0.1, -0.05) is 53.0 Å². The molecule has 0 fully saturated rings. The minimum Gasteiger partial charge on any atom is -0.468 e. The summed E-state index contributed by atoms with van der Waals surface area (Å²) in [5.74, 6) is -1.11. The van der Waals surface area contributed by atoms with Crippen molar-refractivity contribution in [1.29, 1.82) is 0 Å². The molecule has 3 unspecified atom stereocenters. The van der Waals surface area contributed by atoms with Gasteiger partial charge in [0.15, 0.2) is 11.5 Å². The highest BCUT2D eigenvalue weighted by Gasteiger charge is 2.36. The van der Waals surface area contributed by atoms with Crippen LogP contribution in [0.5, 0.6) is 11.5 Å². The number of methoxy groups -OCH3 is 1. The molecule has 1 rings (SSSR count). The van der Waals surface area contributed by atoms with E-state index in [0.717, 1.165) is 19.3 Å². The largest absolute Gasteiger partial charge is 0.514 e. The molecule has 0 heterocycles. The molecule has 1 aromatic rings. The third-order valence-electron chi connectivity index (χ3n) is 6.51. The summed E-state index contributed by atoms with van der Waals surface area (Å²) >= 11 is 0. The first-order valence-corrected chi connectivity index (χ1v) is 14.3. The van der Waals surface area contributed by atoms with Crippen LogP contribution in [0.15, 0.2) is 18.2 Å². The topological polar surface area (TPSA) is 150 Å². The number of ether oxygens (including phenoxy) is 6. The van der Waals surface area contributed by atoms with Crippen molar-refractivity contribution in [1.82, 2.24) is 0 Å². The standard InChI is InChI=1S/C30H47NO10/c1-8-11-21(5)38-28(34)40-24-14-13-23(18-25(24)41-29(35)39-22(6)12-9-2)19-30(31,27(33)36-7)15-16-37-26(32)17-20(4)10-3/h13-14,18,20-22H,8-12,15-17,19,31H2,1-7H3/t20?,21?,22?,30-/m1/s1. The van der Waals surface area contributed by atoms with Crippen LogP contribution in [0.3, 0.4) is 0 Å². The summed E-state index contributed by atoms with van der Waals surface area (Å²) in [6.07, 6.45) is 1.23. The first-order chi connectivity index (χ1) is 19.4. The first-order valence-electron chi connectivity index (χ1n) is 14.3. The van der Waals surface area contributed by atoms with Crippen LogP contribution in [0, 0.1) is 5.92 Å². The highest BCUT2D eigenvalue weighted by Crippen LogP contribution is 2.31. The minimum atomic E-state index is -1.56. The van der Waals surface area contributed by atoms with E-state index in [4.69, 9.17) is 34.2 Å². The predicted octanol–water partition coefficient (Wildman–Crippen LogP) is 5.88. The molecule has 0 aliphatic heterocycles. The van der Waals surface area contributed by atoms with Gasteiger partial charge in [0.05, 0.1) is 13.7 Å². The predicted molar refractivity (Wildman–Crippen MR) is 152 cm³/mol. The third kappa shape index (κ3) is 13.2. The number of carbonyl (C=O) groups excluding carboxylic acids is 4.